The summed E-state index contributed by atoms with van der Waals surface area (Å²) in [6.07, 6.45) is 6.41. The molecule has 0 aromatic carbocycles. The Morgan fingerprint density at radius 2 is 2.16 bits per heavy atom. The van der Waals surface area contributed by atoms with Gasteiger partial charge in [0.05, 0.1) is 18.6 Å². The van der Waals surface area contributed by atoms with Crippen LogP contribution in [0.2, 0.25) is 0 Å². The number of ether oxygens (including phenoxy) is 1. The van der Waals surface area contributed by atoms with Crippen LogP contribution in [0.3, 0.4) is 0 Å². The summed E-state index contributed by atoms with van der Waals surface area (Å²) >= 11 is 0. The molecule has 0 saturated carbocycles. The van der Waals surface area contributed by atoms with Gasteiger partial charge < -0.3 is 9.64 Å². The SMILES string of the molecule is CCCCC[C@H](CN(O)C=O)C(=O)NNc1nc(CC)nc(N2CCCC(OC)C2)n1. The van der Waals surface area contributed by atoms with Gasteiger partial charge in [-0.1, -0.05) is 33.1 Å². The molecular weight excluding hydrogens is 402 g/mol. The molecule has 1 fully saturated rings. The van der Waals surface area contributed by atoms with E-state index in [0.29, 0.717) is 42.6 Å². The molecule has 1 aliphatic rings. The van der Waals surface area contributed by atoms with Crippen LogP contribution in [0.15, 0.2) is 0 Å². The van der Waals surface area contributed by atoms with Gasteiger partial charge in [-0.15, -0.1) is 0 Å². The lowest BCUT2D eigenvalue weighted by Gasteiger charge is -2.32. The summed E-state index contributed by atoms with van der Waals surface area (Å²) in [4.78, 5) is 38.8. The number of carbonyl (C=O) groups excluding carboxylic acids is 2. The molecule has 11 heteroatoms. The highest BCUT2D eigenvalue weighted by Crippen LogP contribution is 2.19. The van der Waals surface area contributed by atoms with Crippen LogP contribution in [0.1, 0.15) is 58.2 Å². The third-order valence-corrected chi connectivity index (χ3v) is 5.33. The van der Waals surface area contributed by atoms with Crippen LogP contribution in [-0.4, -0.2) is 70.4 Å². The molecule has 0 aliphatic carbocycles. The third-order valence-electron chi connectivity index (χ3n) is 5.33. The van der Waals surface area contributed by atoms with Crippen LogP contribution in [0.5, 0.6) is 0 Å². The van der Waals surface area contributed by atoms with Crippen LogP contribution < -0.4 is 15.8 Å². The molecule has 2 atom stereocenters. The first-order chi connectivity index (χ1) is 15.0. The molecule has 1 aromatic rings. The maximum absolute atomic E-state index is 12.7. The second-order valence-corrected chi connectivity index (χ2v) is 7.71. The maximum atomic E-state index is 12.7. The number of nitrogens with zero attached hydrogens (tertiary/aromatic N) is 5. The molecule has 1 unspecified atom stereocenters. The number of anilines is 2. The van der Waals surface area contributed by atoms with Crippen molar-refractivity contribution in [2.75, 3.05) is 37.1 Å². The molecule has 3 N–H and O–H groups in total. The normalized spacial score (nSPS) is 17.2. The fourth-order valence-corrected chi connectivity index (χ4v) is 3.51. The zero-order chi connectivity index (χ0) is 22.6. The van der Waals surface area contributed by atoms with Gasteiger partial charge in [0.15, 0.2) is 0 Å². The van der Waals surface area contributed by atoms with Crippen LogP contribution in [0.25, 0.3) is 0 Å². The van der Waals surface area contributed by atoms with Crippen molar-refractivity contribution in [1.29, 1.82) is 0 Å². The van der Waals surface area contributed by atoms with E-state index in [1.807, 2.05) is 6.92 Å². The number of hydrogen-bond donors (Lipinski definition) is 3. The van der Waals surface area contributed by atoms with E-state index in [-0.39, 0.29) is 24.5 Å². The largest absolute Gasteiger partial charge is 0.380 e. The molecule has 0 radical (unpaired) electrons. The van der Waals surface area contributed by atoms with Gasteiger partial charge in [0.25, 0.3) is 0 Å². The number of piperidine rings is 1. The molecule has 1 aliphatic heterocycles. The van der Waals surface area contributed by atoms with E-state index in [0.717, 1.165) is 38.6 Å². The monoisotopic (exact) mass is 437 g/mol. The molecule has 0 bridgehead atoms. The highest BCUT2D eigenvalue weighted by atomic mass is 16.5. The van der Waals surface area contributed by atoms with Gasteiger partial charge in [-0.2, -0.15) is 15.0 Å². The quantitative estimate of drug-likeness (QED) is 0.182. The van der Waals surface area contributed by atoms with E-state index in [1.165, 1.54) is 0 Å². The molecule has 174 valence electrons. The van der Waals surface area contributed by atoms with Crippen LogP contribution in [-0.2, 0) is 20.7 Å². The Balaban J connectivity index is 2.05. The number of hydrogen-bond acceptors (Lipinski definition) is 9. The minimum absolute atomic E-state index is 0.0738. The van der Waals surface area contributed by atoms with E-state index in [9.17, 15) is 14.8 Å². The van der Waals surface area contributed by atoms with Crippen LogP contribution in [0, 0.1) is 5.92 Å². The first-order valence-electron chi connectivity index (χ1n) is 11.0. The topological polar surface area (TPSA) is 133 Å². The Hall–Kier alpha value is -2.53. The van der Waals surface area contributed by atoms with Crippen LogP contribution >= 0.6 is 0 Å². The number of amides is 2. The molecule has 2 rings (SSSR count). The van der Waals surface area contributed by atoms with Gasteiger partial charge in [0.2, 0.25) is 24.2 Å². The van der Waals surface area contributed by atoms with Gasteiger partial charge in [0, 0.05) is 26.6 Å². The number of carbonyl (C=O) groups is 2. The summed E-state index contributed by atoms with van der Waals surface area (Å²) in [7, 11) is 1.70. The van der Waals surface area contributed by atoms with Gasteiger partial charge in [-0.25, -0.2) is 5.06 Å². The fraction of sp³-hybridized carbons (Fsp3) is 0.750. The highest BCUT2D eigenvalue weighted by molar-refractivity contribution is 5.80. The summed E-state index contributed by atoms with van der Waals surface area (Å²) in [5.41, 5.74) is 5.40. The van der Waals surface area contributed by atoms with Crippen molar-refractivity contribution in [3.8, 4) is 0 Å². The number of aromatic nitrogens is 3. The summed E-state index contributed by atoms with van der Waals surface area (Å²) in [5, 5.41) is 10.0. The number of unbranched alkanes of at least 4 members (excludes halogenated alkanes) is 2. The van der Waals surface area contributed by atoms with Crippen LogP contribution in [0.4, 0.5) is 11.9 Å². The number of nitrogens with one attached hydrogen (secondary N) is 2. The molecule has 31 heavy (non-hydrogen) atoms. The van der Waals surface area contributed by atoms with Gasteiger partial charge >= 0.3 is 0 Å². The summed E-state index contributed by atoms with van der Waals surface area (Å²) in [6.45, 7) is 5.48. The van der Waals surface area contributed by atoms with Crippen molar-refractivity contribution in [2.45, 2.75) is 64.9 Å². The summed E-state index contributed by atoms with van der Waals surface area (Å²) in [5.74, 6) is 0.522. The van der Waals surface area contributed by atoms with Crippen molar-refractivity contribution in [2.24, 2.45) is 5.92 Å². The lowest BCUT2D eigenvalue weighted by atomic mass is 10.0. The van der Waals surface area contributed by atoms with Gasteiger partial charge in [-0.3, -0.25) is 25.6 Å². The average Bonchev–Trinajstić information content (AvgIpc) is 2.81. The lowest BCUT2D eigenvalue weighted by Crippen LogP contribution is -2.42. The Morgan fingerprint density at radius 3 is 2.84 bits per heavy atom. The van der Waals surface area contributed by atoms with E-state index < -0.39 is 5.92 Å². The summed E-state index contributed by atoms with van der Waals surface area (Å²) in [6, 6.07) is 0. The molecule has 2 heterocycles. The zero-order valence-corrected chi connectivity index (χ0v) is 18.7. The third kappa shape index (κ3) is 7.91. The van der Waals surface area contributed by atoms with Gasteiger partial charge in [-0.05, 0) is 19.3 Å². The van der Waals surface area contributed by atoms with Gasteiger partial charge in [0.1, 0.15) is 5.82 Å². The number of rotatable bonds is 13. The number of methoxy groups -OCH3 is 1. The Morgan fingerprint density at radius 1 is 1.35 bits per heavy atom. The second kappa shape index (κ2) is 13.0. The minimum Gasteiger partial charge on any atom is -0.380 e. The first kappa shape index (κ1) is 24.7. The Labute approximate surface area is 183 Å². The molecule has 1 saturated heterocycles. The predicted octanol–water partition coefficient (Wildman–Crippen LogP) is 1.54. The second-order valence-electron chi connectivity index (χ2n) is 7.71. The molecule has 11 nitrogen and oxygen atoms in total. The zero-order valence-electron chi connectivity index (χ0n) is 18.7. The molecular formula is C20H35N7O4. The Kier molecular flexibility index (Phi) is 10.4. The first-order valence-corrected chi connectivity index (χ1v) is 11.0. The van der Waals surface area contributed by atoms with Crippen molar-refractivity contribution in [3.05, 3.63) is 5.82 Å². The number of aryl methyl sites for hydroxylation is 1. The van der Waals surface area contributed by atoms with Crippen molar-refractivity contribution in [3.63, 3.8) is 0 Å². The fourth-order valence-electron chi connectivity index (χ4n) is 3.51. The van der Waals surface area contributed by atoms with Crippen molar-refractivity contribution >= 4 is 24.2 Å². The minimum atomic E-state index is -0.550. The standard InChI is InChI=1S/C20H35N7O4/c1-4-6-7-9-15(12-27(30)14-28)18(29)24-25-19-21-17(5-2)22-20(23-19)26-11-8-10-16(13-26)31-3/h14-16,30H,4-13H2,1-3H3,(H,24,29)(H,21,22,23,25)/t15-,16?/m1/s1. The number of hydroxylamine groups is 2. The van der Waals surface area contributed by atoms with E-state index in [2.05, 4.69) is 37.6 Å². The lowest BCUT2D eigenvalue weighted by molar-refractivity contribution is -0.154. The Bertz CT molecular complexity index is 706. The molecule has 1 aromatic heterocycles. The van der Waals surface area contributed by atoms with Crippen molar-refractivity contribution < 1.29 is 19.5 Å². The molecule has 2 amide bonds. The maximum Gasteiger partial charge on any atom is 0.246 e. The van der Waals surface area contributed by atoms with E-state index >= 15 is 0 Å². The predicted molar refractivity (Wildman–Crippen MR) is 115 cm³/mol. The molecule has 0 spiro atoms. The number of hydrazine groups is 1. The highest BCUT2D eigenvalue weighted by Gasteiger charge is 2.24. The average molecular weight is 438 g/mol. The van der Waals surface area contributed by atoms with E-state index in [1.54, 1.807) is 7.11 Å². The van der Waals surface area contributed by atoms with E-state index in [4.69, 9.17) is 4.74 Å². The smallest absolute Gasteiger partial charge is 0.246 e. The van der Waals surface area contributed by atoms with Crippen molar-refractivity contribution in [1.82, 2.24) is 25.4 Å². The summed E-state index contributed by atoms with van der Waals surface area (Å²) < 4.78 is 5.48.